The fourth-order valence-electron chi connectivity index (χ4n) is 3.39. The minimum Gasteiger partial charge on any atom is -0.341 e. The van der Waals surface area contributed by atoms with Gasteiger partial charge >= 0.3 is 0 Å². The monoisotopic (exact) mass is 295 g/mol. The Labute approximate surface area is 125 Å². The number of likely N-dealkylation sites (N-methyl/N-ethyl adjacent to an activating group) is 2. The maximum absolute atomic E-state index is 5.85. The summed E-state index contributed by atoms with van der Waals surface area (Å²) >= 11 is 5.85. The van der Waals surface area contributed by atoms with Crippen molar-refractivity contribution in [3.05, 3.63) is 17.4 Å². The highest BCUT2D eigenvalue weighted by molar-refractivity contribution is 6.30. The Morgan fingerprint density at radius 3 is 2.35 bits per heavy atom. The van der Waals surface area contributed by atoms with E-state index in [1.54, 1.807) is 12.4 Å². The first-order valence-corrected chi connectivity index (χ1v) is 7.59. The molecule has 0 aromatic carbocycles. The van der Waals surface area contributed by atoms with Crippen LogP contribution in [-0.4, -0.2) is 72.1 Å². The van der Waals surface area contributed by atoms with E-state index < -0.39 is 0 Å². The van der Waals surface area contributed by atoms with Gasteiger partial charge in [0.1, 0.15) is 0 Å². The second-order valence-corrected chi connectivity index (χ2v) is 6.51. The molecule has 110 valence electrons. The largest absolute Gasteiger partial charge is 0.341 e. The van der Waals surface area contributed by atoms with Crippen LogP contribution in [0.4, 0.5) is 5.95 Å². The van der Waals surface area contributed by atoms with Crippen LogP contribution in [0.15, 0.2) is 12.4 Å². The summed E-state index contributed by atoms with van der Waals surface area (Å²) in [6.07, 6.45) is 5.68. The van der Waals surface area contributed by atoms with Crippen LogP contribution in [0, 0.1) is 0 Å². The molecule has 0 amide bonds. The van der Waals surface area contributed by atoms with E-state index >= 15 is 0 Å². The number of rotatable bonds is 1. The van der Waals surface area contributed by atoms with E-state index in [2.05, 4.69) is 38.8 Å². The second kappa shape index (κ2) is 5.47. The molecule has 1 aromatic heterocycles. The van der Waals surface area contributed by atoms with E-state index in [4.69, 9.17) is 11.6 Å². The Bertz CT molecular complexity index is 455. The van der Waals surface area contributed by atoms with Crippen LogP contribution in [0.25, 0.3) is 0 Å². The van der Waals surface area contributed by atoms with E-state index in [1.165, 1.54) is 25.9 Å². The topological polar surface area (TPSA) is 35.5 Å². The fourth-order valence-corrected chi connectivity index (χ4v) is 3.49. The fraction of sp³-hybridized carbons (Fsp3) is 0.714. The summed E-state index contributed by atoms with van der Waals surface area (Å²) in [6, 6.07) is 0. The predicted octanol–water partition coefficient (Wildman–Crippen LogP) is 1.35. The zero-order chi connectivity index (χ0) is 14.2. The highest BCUT2D eigenvalue weighted by Gasteiger charge is 2.41. The molecular weight excluding hydrogens is 274 g/mol. The predicted molar refractivity (Wildman–Crippen MR) is 81.3 cm³/mol. The van der Waals surface area contributed by atoms with Crippen LogP contribution in [0.1, 0.15) is 12.8 Å². The van der Waals surface area contributed by atoms with Gasteiger partial charge in [-0.05, 0) is 26.9 Å². The molecule has 1 aromatic rings. The molecule has 5 nitrogen and oxygen atoms in total. The van der Waals surface area contributed by atoms with Gasteiger partial charge in [0.15, 0.2) is 0 Å². The molecule has 0 aliphatic carbocycles. The number of anilines is 1. The maximum atomic E-state index is 5.85. The van der Waals surface area contributed by atoms with Crippen LogP contribution in [-0.2, 0) is 0 Å². The summed E-state index contributed by atoms with van der Waals surface area (Å²) < 4.78 is 0. The quantitative estimate of drug-likeness (QED) is 0.781. The third-order valence-corrected chi connectivity index (χ3v) is 4.97. The van der Waals surface area contributed by atoms with Gasteiger partial charge in [0.05, 0.1) is 17.4 Å². The molecule has 0 unspecified atom stereocenters. The van der Waals surface area contributed by atoms with Crippen LogP contribution in [0.5, 0.6) is 0 Å². The zero-order valence-corrected chi connectivity index (χ0v) is 13.0. The molecule has 20 heavy (non-hydrogen) atoms. The molecule has 1 spiro atoms. The third-order valence-electron chi connectivity index (χ3n) is 4.77. The van der Waals surface area contributed by atoms with Crippen LogP contribution in [0.3, 0.4) is 0 Å². The van der Waals surface area contributed by atoms with Gasteiger partial charge in [-0.3, -0.25) is 4.90 Å². The molecular formula is C14H22ClN5. The van der Waals surface area contributed by atoms with Crippen molar-refractivity contribution in [1.29, 1.82) is 0 Å². The standard InChI is InChI=1S/C14H22ClN5/c1-18-7-8-19(2)14(11-18)3-5-20(6-4-14)13-16-9-12(15)10-17-13/h9-10H,3-8,11H2,1-2H3. The second-order valence-electron chi connectivity index (χ2n) is 6.07. The van der Waals surface area contributed by atoms with Crippen molar-refractivity contribution < 1.29 is 0 Å². The third kappa shape index (κ3) is 2.62. The van der Waals surface area contributed by atoms with Crippen molar-refractivity contribution in [2.75, 3.05) is 51.7 Å². The molecule has 6 heteroatoms. The number of nitrogens with zero attached hydrogens (tertiary/aromatic N) is 5. The number of piperidine rings is 1. The molecule has 3 rings (SSSR count). The Morgan fingerprint density at radius 1 is 1.05 bits per heavy atom. The van der Waals surface area contributed by atoms with Gasteiger partial charge in [-0.2, -0.15) is 0 Å². The van der Waals surface area contributed by atoms with Crippen molar-refractivity contribution in [3.8, 4) is 0 Å². The van der Waals surface area contributed by atoms with Gasteiger partial charge < -0.3 is 9.80 Å². The van der Waals surface area contributed by atoms with Gasteiger partial charge in [0.25, 0.3) is 0 Å². The Morgan fingerprint density at radius 2 is 1.70 bits per heavy atom. The lowest BCUT2D eigenvalue weighted by atomic mass is 9.84. The van der Waals surface area contributed by atoms with Crippen LogP contribution >= 0.6 is 11.6 Å². The van der Waals surface area contributed by atoms with Crippen LogP contribution in [0.2, 0.25) is 5.02 Å². The zero-order valence-electron chi connectivity index (χ0n) is 12.2. The molecule has 0 atom stereocenters. The van der Waals surface area contributed by atoms with Crippen molar-refractivity contribution in [2.45, 2.75) is 18.4 Å². The molecule has 2 aliphatic heterocycles. The summed E-state index contributed by atoms with van der Waals surface area (Å²) in [7, 11) is 4.49. The van der Waals surface area contributed by atoms with Gasteiger partial charge in [-0.1, -0.05) is 11.6 Å². The first-order valence-electron chi connectivity index (χ1n) is 7.21. The van der Waals surface area contributed by atoms with Gasteiger partial charge in [0, 0.05) is 38.3 Å². The lowest BCUT2D eigenvalue weighted by molar-refractivity contribution is 0.00928. The number of hydrogen-bond donors (Lipinski definition) is 0. The van der Waals surface area contributed by atoms with Gasteiger partial charge in [-0.25, -0.2) is 9.97 Å². The van der Waals surface area contributed by atoms with Gasteiger partial charge in [0.2, 0.25) is 5.95 Å². The molecule has 0 N–H and O–H groups in total. The van der Waals surface area contributed by atoms with Crippen molar-refractivity contribution in [3.63, 3.8) is 0 Å². The first-order chi connectivity index (χ1) is 9.59. The minimum absolute atomic E-state index is 0.329. The van der Waals surface area contributed by atoms with E-state index in [-0.39, 0.29) is 0 Å². The van der Waals surface area contributed by atoms with E-state index in [0.29, 0.717) is 10.6 Å². The Kier molecular flexibility index (Phi) is 3.84. The molecule has 3 heterocycles. The van der Waals surface area contributed by atoms with E-state index in [9.17, 15) is 0 Å². The molecule has 2 saturated heterocycles. The highest BCUT2D eigenvalue weighted by Crippen LogP contribution is 2.32. The van der Waals surface area contributed by atoms with Crippen LogP contribution < -0.4 is 4.90 Å². The number of aromatic nitrogens is 2. The number of hydrogen-bond acceptors (Lipinski definition) is 5. The average Bonchev–Trinajstić information content (AvgIpc) is 2.45. The summed E-state index contributed by atoms with van der Waals surface area (Å²) in [6.45, 7) is 5.52. The first kappa shape index (κ1) is 14.0. The smallest absolute Gasteiger partial charge is 0.225 e. The highest BCUT2D eigenvalue weighted by atomic mass is 35.5. The van der Waals surface area contributed by atoms with Crippen molar-refractivity contribution in [2.24, 2.45) is 0 Å². The van der Waals surface area contributed by atoms with Crippen molar-refractivity contribution in [1.82, 2.24) is 19.8 Å². The van der Waals surface area contributed by atoms with Gasteiger partial charge in [-0.15, -0.1) is 0 Å². The summed E-state index contributed by atoms with van der Waals surface area (Å²) in [4.78, 5) is 15.9. The van der Waals surface area contributed by atoms with E-state index in [0.717, 1.165) is 25.6 Å². The SMILES string of the molecule is CN1CCN(C)C2(CCN(c3ncc(Cl)cn3)CC2)C1. The lowest BCUT2D eigenvalue weighted by Crippen LogP contribution is -2.63. The molecule has 0 bridgehead atoms. The molecule has 0 radical (unpaired) electrons. The Hall–Kier alpha value is -0.910. The minimum atomic E-state index is 0.329. The summed E-state index contributed by atoms with van der Waals surface area (Å²) in [5.74, 6) is 0.802. The molecule has 2 aliphatic rings. The molecule has 2 fully saturated rings. The van der Waals surface area contributed by atoms with E-state index in [1.807, 2.05) is 0 Å². The number of piperazine rings is 1. The lowest BCUT2D eigenvalue weighted by Gasteiger charge is -2.52. The normalized spacial score (nSPS) is 24.2. The van der Waals surface area contributed by atoms with Crippen molar-refractivity contribution >= 4 is 17.5 Å². The summed E-state index contributed by atoms with van der Waals surface area (Å²) in [5.41, 5.74) is 0.329. The Balaban J connectivity index is 1.68. The molecule has 0 saturated carbocycles. The average molecular weight is 296 g/mol. The summed E-state index contributed by atoms with van der Waals surface area (Å²) in [5, 5.41) is 0.593. The maximum Gasteiger partial charge on any atom is 0.225 e. The number of halogens is 1.